The molecular weight excluding hydrogens is 400 g/mol. The molecule has 0 atom stereocenters. The Hall–Kier alpha value is -3.82. The van der Waals surface area contributed by atoms with Crippen molar-refractivity contribution in [3.05, 3.63) is 101 Å². The Morgan fingerprint density at radius 3 is 2.63 bits per heavy atom. The van der Waals surface area contributed by atoms with Gasteiger partial charge in [0.2, 0.25) is 5.88 Å². The van der Waals surface area contributed by atoms with E-state index in [0.29, 0.717) is 34.6 Å². The zero-order valence-electron chi connectivity index (χ0n) is 15.9. The molecule has 0 N–H and O–H groups in total. The van der Waals surface area contributed by atoms with E-state index in [1.54, 1.807) is 47.4 Å². The van der Waals surface area contributed by atoms with E-state index in [4.69, 9.17) is 26.3 Å². The van der Waals surface area contributed by atoms with Crippen LogP contribution in [0.2, 0.25) is 5.02 Å². The van der Waals surface area contributed by atoms with Gasteiger partial charge in [0, 0.05) is 28.9 Å². The van der Waals surface area contributed by atoms with Crippen molar-refractivity contribution < 1.29 is 9.47 Å². The largest absolute Gasteiger partial charge is 0.488 e. The molecular formula is C23H17ClN4O2. The maximum Gasteiger partial charge on any atom is 0.218 e. The third-order valence-corrected chi connectivity index (χ3v) is 4.58. The zero-order valence-corrected chi connectivity index (χ0v) is 16.7. The van der Waals surface area contributed by atoms with Crippen molar-refractivity contribution in [2.75, 3.05) is 0 Å². The molecule has 2 heterocycles. The van der Waals surface area contributed by atoms with E-state index in [1.165, 1.54) is 0 Å². The minimum Gasteiger partial charge on any atom is -0.488 e. The van der Waals surface area contributed by atoms with Gasteiger partial charge in [0.25, 0.3) is 0 Å². The molecule has 4 aromatic rings. The number of ether oxygens (including phenoxy) is 2. The van der Waals surface area contributed by atoms with Crippen LogP contribution in [0.5, 0.6) is 11.6 Å². The summed E-state index contributed by atoms with van der Waals surface area (Å²) >= 11 is 6.16. The number of pyridine rings is 1. The number of benzene rings is 2. The van der Waals surface area contributed by atoms with Crippen molar-refractivity contribution in [1.82, 2.24) is 14.8 Å². The first-order valence-corrected chi connectivity index (χ1v) is 9.59. The van der Waals surface area contributed by atoms with E-state index in [9.17, 15) is 0 Å². The van der Waals surface area contributed by atoms with Crippen molar-refractivity contribution >= 4 is 11.6 Å². The highest BCUT2D eigenvalue weighted by atomic mass is 35.5. The predicted molar refractivity (Wildman–Crippen MR) is 113 cm³/mol. The van der Waals surface area contributed by atoms with Gasteiger partial charge in [-0.25, -0.2) is 4.98 Å². The van der Waals surface area contributed by atoms with Crippen LogP contribution in [0.3, 0.4) is 0 Å². The van der Waals surface area contributed by atoms with E-state index < -0.39 is 0 Å². The molecule has 0 spiro atoms. The first kappa shape index (κ1) is 19.5. The van der Waals surface area contributed by atoms with E-state index in [2.05, 4.69) is 16.2 Å². The predicted octanol–water partition coefficient (Wildman–Crippen LogP) is 4.95. The summed E-state index contributed by atoms with van der Waals surface area (Å²) < 4.78 is 13.5. The Morgan fingerprint density at radius 2 is 1.80 bits per heavy atom. The minimum absolute atomic E-state index is 0.255. The van der Waals surface area contributed by atoms with E-state index in [1.807, 2.05) is 36.4 Å². The lowest BCUT2D eigenvalue weighted by Gasteiger charge is -2.14. The van der Waals surface area contributed by atoms with Crippen LogP contribution in [0, 0.1) is 11.3 Å². The fraction of sp³-hybridized carbons (Fsp3) is 0.0870. The van der Waals surface area contributed by atoms with Gasteiger partial charge >= 0.3 is 0 Å². The van der Waals surface area contributed by atoms with Gasteiger partial charge in [0.15, 0.2) is 5.82 Å². The van der Waals surface area contributed by atoms with Gasteiger partial charge in [0.05, 0.1) is 17.8 Å². The lowest BCUT2D eigenvalue weighted by molar-refractivity contribution is 0.262. The maximum atomic E-state index is 9.10. The Labute approximate surface area is 178 Å². The third kappa shape index (κ3) is 4.59. The van der Waals surface area contributed by atoms with Crippen LogP contribution in [0.1, 0.15) is 16.7 Å². The molecule has 30 heavy (non-hydrogen) atoms. The van der Waals surface area contributed by atoms with Crippen molar-refractivity contribution in [3.63, 3.8) is 0 Å². The summed E-state index contributed by atoms with van der Waals surface area (Å²) in [5.74, 6) is 1.66. The first-order chi connectivity index (χ1) is 14.7. The van der Waals surface area contributed by atoms with Gasteiger partial charge in [0.1, 0.15) is 19.0 Å². The van der Waals surface area contributed by atoms with Crippen molar-refractivity contribution in [2.24, 2.45) is 0 Å². The summed E-state index contributed by atoms with van der Waals surface area (Å²) in [6, 6.07) is 22.5. The molecule has 4 rings (SSSR count). The average Bonchev–Trinajstić information content (AvgIpc) is 3.26. The molecule has 0 amide bonds. The van der Waals surface area contributed by atoms with Crippen molar-refractivity contribution in [3.8, 4) is 23.5 Å². The Balaban J connectivity index is 1.51. The van der Waals surface area contributed by atoms with Gasteiger partial charge in [-0.15, -0.1) is 0 Å². The van der Waals surface area contributed by atoms with Crippen LogP contribution in [-0.4, -0.2) is 14.8 Å². The summed E-state index contributed by atoms with van der Waals surface area (Å²) in [6.07, 6.45) is 3.18. The van der Waals surface area contributed by atoms with Gasteiger partial charge in [-0.3, -0.25) is 0 Å². The maximum absolute atomic E-state index is 9.10. The monoisotopic (exact) mass is 416 g/mol. The SMILES string of the molecule is N#Cc1ccnc(-n2nccc2OCc2ccc(Cl)cc2OCc2ccccc2)c1. The fourth-order valence-corrected chi connectivity index (χ4v) is 3.01. The number of halogens is 1. The topological polar surface area (TPSA) is 73.0 Å². The molecule has 0 radical (unpaired) electrons. The summed E-state index contributed by atoms with van der Waals surface area (Å²) in [5.41, 5.74) is 2.41. The van der Waals surface area contributed by atoms with Crippen LogP contribution in [-0.2, 0) is 13.2 Å². The summed E-state index contributed by atoms with van der Waals surface area (Å²) in [7, 11) is 0. The highest BCUT2D eigenvalue weighted by Gasteiger charge is 2.11. The first-order valence-electron chi connectivity index (χ1n) is 9.21. The number of hydrogen-bond acceptors (Lipinski definition) is 5. The molecule has 0 saturated heterocycles. The molecule has 6 nitrogen and oxygen atoms in total. The van der Waals surface area contributed by atoms with Crippen LogP contribution >= 0.6 is 11.6 Å². The molecule has 0 aliphatic heterocycles. The number of nitrogens with zero attached hydrogens (tertiary/aromatic N) is 4. The fourth-order valence-electron chi connectivity index (χ4n) is 2.85. The molecule has 0 aliphatic carbocycles. The van der Waals surface area contributed by atoms with Crippen LogP contribution in [0.25, 0.3) is 5.82 Å². The second-order valence-electron chi connectivity index (χ2n) is 6.41. The molecule has 0 aliphatic rings. The highest BCUT2D eigenvalue weighted by Crippen LogP contribution is 2.26. The molecule has 7 heteroatoms. The standard InChI is InChI=1S/C23H17ClN4O2/c24-20-7-6-19(21(13-20)29-15-17-4-2-1-3-5-17)16-30-23-9-11-27-28(23)22-12-18(14-25)8-10-26-22/h1-13H,15-16H2. The Morgan fingerprint density at radius 1 is 0.933 bits per heavy atom. The summed E-state index contributed by atoms with van der Waals surface area (Å²) in [5, 5.41) is 13.9. The Bertz CT molecular complexity index is 1190. The Kier molecular flexibility index (Phi) is 5.93. The molecule has 0 unspecified atom stereocenters. The van der Waals surface area contributed by atoms with Gasteiger partial charge in [-0.2, -0.15) is 15.0 Å². The minimum atomic E-state index is 0.255. The quantitative estimate of drug-likeness (QED) is 0.426. The number of hydrogen-bond donors (Lipinski definition) is 0. The second kappa shape index (κ2) is 9.12. The number of nitriles is 1. The molecule has 148 valence electrons. The molecule has 2 aromatic carbocycles. The normalized spacial score (nSPS) is 10.4. The molecule has 0 fully saturated rings. The van der Waals surface area contributed by atoms with Gasteiger partial charge in [-0.1, -0.05) is 48.0 Å². The van der Waals surface area contributed by atoms with Crippen LogP contribution in [0.15, 0.2) is 79.1 Å². The lowest BCUT2D eigenvalue weighted by atomic mass is 10.2. The van der Waals surface area contributed by atoms with E-state index >= 15 is 0 Å². The smallest absolute Gasteiger partial charge is 0.218 e. The van der Waals surface area contributed by atoms with Gasteiger partial charge < -0.3 is 9.47 Å². The van der Waals surface area contributed by atoms with E-state index in [-0.39, 0.29) is 6.61 Å². The number of aromatic nitrogens is 3. The molecule has 2 aromatic heterocycles. The van der Waals surface area contributed by atoms with Crippen LogP contribution < -0.4 is 9.47 Å². The highest BCUT2D eigenvalue weighted by molar-refractivity contribution is 6.30. The second-order valence-corrected chi connectivity index (χ2v) is 6.85. The van der Waals surface area contributed by atoms with Crippen molar-refractivity contribution in [2.45, 2.75) is 13.2 Å². The molecule has 0 saturated carbocycles. The zero-order chi connectivity index (χ0) is 20.8. The lowest BCUT2D eigenvalue weighted by Crippen LogP contribution is -2.06. The van der Waals surface area contributed by atoms with Crippen LogP contribution in [0.4, 0.5) is 0 Å². The van der Waals surface area contributed by atoms with Crippen molar-refractivity contribution in [1.29, 1.82) is 5.26 Å². The molecule has 0 bridgehead atoms. The summed E-state index contributed by atoms with van der Waals surface area (Å²) in [6.45, 7) is 0.682. The van der Waals surface area contributed by atoms with Gasteiger partial charge in [-0.05, 0) is 23.8 Å². The third-order valence-electron chi connectivity index (χ3n) is 4.34. The number of rotatable bonds is 7. The van der Waals surface area contributed by atoms with E-state index in [0.717, 1.165) is 11.1 Å². The average molecular weight is 417 g/mol. The summed E-state index contributed by atoms with van der Waals surface area (Å²) in [4.78, 5) is 4.26.